The van der Waals surface area contributed by atoms with Crippen molar-refractivity contribution >= 4 is 0 Å². The fraction of sp³-hybridized carbons (Fsp3) is 1.00. The molecule has 0 saturated heterocycles. The molecule has 0 heterocycles. The summed E-state index contributed by atoms with van der Waals surface area (Å²) in [5, 5.41) is 0. The maximum absolute atomic E-state index is 7.16. The normalized spacial score (nSPS) is 42.4. The Bertz CT molecular complexity index is 1650. The van der Waals surface area contributed by atoms with Gasteiger partial charge in [0, 0.05) is 63.7 Å². The van der Waals surface area contributed by atoms with Gasteiger partial charge in [-0.25, -0.2) is 0 Å². The van der Waals surface area contributed by atoms with Crippen LogP contribution in [-0.2, 0) is 33.2 Å². The second-order valence-corrected chi connectivity index (χ2v) is 28.8. The molecular weight excluding hydrogens is 989 g/mol. The largest absolute Gasteiger partial charge is 0.381 e. The zero-order valence-electron chi connectivity index (χ0n) is 51.6. The molecule has 460 valence electrons. The third-order valence-electron chi connectivity index (χ3n) is 24.9. The molecule has 22 atom stereocenters. The lowest BCUT2D eigenvalue weighted by atomic mass is 9.43. The van der Waals surface area contributed by atoms with Gasteiger partial charge in [0.05, 0.1) is 36.6 Å². The lowest BCUT2D eigenvalue weighted by molar-refractivity contribution is -0.227. The highest BCUT2D eigenvalue weighted by Gasteiger charge is 2.68. The minimum atomic E-state index is 0.103. The Balaban J connectivity index is 0.874. The summed E-state index contributed by atoms with van der Waals surface area (Å²) in [6, 6.07) is 0. The second kappa shape index (κ2) is 30.2. The topological polar surface area (TPSA) is 221 Å². The van der Waals surface area contributed by atoms with Gasteiger partial charge in [-0.3, -0.25) is 0 Å². The molecule has 8 aliphatic carbocycles. The molecule has 13 nitrogen and oxygen atoms in total. The van der Waals surface area contributed by atoms with Crippen molar-refractivity contribution in [3.8, 4) is 0 Å². The number of fused-ring (bicyclic) bond motifs is 10. The summed E-state index contributed by atoms with van der Waals surface area (Å²) in [5.41, 5.74) is 36.9. The highest BCUT2D eigenvalue weighted by atomic mass is 16.5. The van der Waals surface area contributed by atoms with E-state index < -0.39 is 0 Å². The van der Waals surface area contributed by atoms with Crippen molar-refractivity contribution in [2.75, 3.05) is 92.1 Å². The predicted octanol–water partition coefficient (Wildman–Crippen LogP) is 10.00. The summed E-state index contributed by atoms with van der Waals surface area (Å²) >= 11 is 0. The average Bonchev–Trinajstić information content (AvgIpc) is 4.19. The van der Waals surface area contributed by atoms with Crippen LogP contribution in [0.1, 0.15) is 196 Å². The Hall–Kier alpha value is -0.520. The van der Waals surface area contributed by atoms with Gasteiger partial charge in [0.25, 0.3) is 0 Å². The highest BCUT2D eigenvalue weighted by Crippen LogP contribution is 2.71. The molecule has 8 saturated carbocycles. The van der Waals surface area contributed by atoms with Crippen molar-refractivity contribution in [3.63, 3.8) is 0 Å². The fourth-order valence-electron chi connectivity index (χ4n) is 20.7. The first-order chi connectivity index (χ1) is 38.3. The summed E-state index contributed by atoms with van der Waals surface area (Å²) in [4.78, 5) is 0. The molecule has 13 heteroatoms. The average molecular weight is 1110 g/mol. The fourth-order valence-corrected chi connectivity index (χ4v) is 20.7. The van der Waals surface area contributed by atoms with Gasteiger partial charge in [0.1, 0.15) is 0 Å². The van der Waals surface area contributed by atoms with Crippen LogP contribution < -0.4 is 34.4 Å². The number of hydrogen-bond donors (Lipinski definition) is 6. The van der Waals surface area contributed by atoms with Crippen LogP contribution in [0.3, 0.4) is 0 Å². The minimum Gasteiger partial charge on any atom is -0.381 e. The van der Waals surface area contributed by atoms with E-state index in [2.05, 4.69) is 41.5 Å². The van der Waals surface area contributed by atoms with Crippen LogP contribution >= 0.6 is 0 Å². The van der Waals surface area contributed by atoms with Gasteiger partial charge < -0.3 is 67.6 Å². The highest BCUT2D eigenvalue weighted by molar-refractivity contribution is 5.17. The van der Waals surface area contributed by atoms with Crippen LogP contribution in [0.25, 0.3) is 0 Å². The maximum atomic E-state index is 7.16. The van der Waals surface area contributed by atoms with E-state index in [4.69, 9.17) is 67.6 Å². The van der Waals surface area contributed by atoms with E-state index in [-0.39, 0.29) is 46.1 Å². The minimum absolute atomic E-state index is 0.103. The van der Waals surface area contributed by atoms with Crippen molar-refractivity contribution in [1.29, 1.82) is 0 Å². The molecule has 22 unspecified atom stereocenters. The number of ether oxygens (including phenoxy) is 7. The van der Waals surface area contributed by atoms with Crippen molar-refractivity contribution in [2.45, 2.75) is 232 Å². The lowest BCUT2D eigenvalue weighted by Crippen LogP contribution is -2.63. The molecule has 8 aliphatic rings. The van der Waals surface area contributed by atoms with E-state index in [0.29, 0.717) is 122 Å². The third kappa shape index (κ3) is 14.0. The Labute approximate surface area is 482 Å². The zero-order chi connectivity index (χ0) is 56.2. The lowest BCUT2D eigenvalue weighted by Gasteiger charge is -2.65. The molecule has 8 rings (SSSR count). The molecule has 0 amide bonds. The first-order valence-corrected chi connectivity index (χ1v) is 33.8. The quantitative estimate of drug-likeness (QED) is 0.0331. The van der Waals surface area contributed by atoms with E-state index in [1.807, 2.05) is 0 Å². The molecule has 79 heavy (non-hydrogen) atoms. The number of hydrogen-bond acceptors (Lipinski definition) is 13. The van der Waals surface area contributed by atoms with E-state index in [1.165, 1.54) is 51.4 Å². The van der Waals surface area contributed by atoms with Crippen LogP contribution in [0.2, 0.25) is 0 Å². The van der Waals surface area contributed by atoms with Crippen LogP contribution in [0.5, 0.6) is 0 Å². The van der Waals surface area contributed by atoms with E-state index in [1.54, 1.807) is 0 Å². The number of rotatable bonds is 34. The molecule has 0 aromatic rings. The first-order valence-electron chi connectivity index (χ1n) is 33.8. The first kappa shape index (κ1) is 64.5. The Kier molecular flexibility index (Phi) is 24.7. The third-order valence-corrected chi connectivity index (χ3v) is 24.9. The second-order valence-electron chi connectivity index (χ2n) is 28.8. The van der Waals surface area contributed by atoms with Crippen molar-refractivity contribution in [3.05, 3.63) is 0 Å². The summed E-state index contributed by atoms with van der Waals surface area (Å²) < 4.78 is 48.0. The molecule has 0 bridgehead atoms. The van der Waals surface area contributed by atoms with E-state index in [0.717, 1.165) is 156 Å². The Morgan fingerprint density at radius 2 is 0.734 bits per heavy atom. The van der Waals surface area contributed by atoms with E-state index in [9.17, 15) is 0 Å². The van der Waals surface area contributed by atoms with Crippen molar-refractivity contribution < 1.29 is 33.2 Å². The summed E-state index contributed by atoms with van der Waals surface area (Å²) in [6.07, 6.45) is 28.5. The maximum Gasteiger partial charge on any atom is 0.0637 e. The van der Waals surface area contributed by atoms with Crippen LogP contribution in [0.4, 0.5) is 0 Å². The van der Waals surface area contributed by atoms with Gasteiger partial charge in [0.2, 0.25) is 0 Å². The summed E-state index contributed by atoms with van der Waals surface area (Å²) in [7, 11) is 0. The van der Waals surface area contributed by atoms with Crippen LogP contribution in [0.15, 0.2) is 0 Å². The Morgan fingerprint density at radius 3 is 1.10 bits per heavy atom. The molecule has 0 spiro atoms. The van der Waals surface area contributed by atoms with Gasteiger partial charge in [-0.05, 0) is 275 Å². The SMILES string of the molecule is CC(CCCOCCCC(C)C1CCC2C3C(OCCCN)CC4CC(OCCCN)CCC4(C)C3CC(OCCCN)C12C)C1CCC2C3C(OCCCN)CC4CC(OCCCN)CCC4(C)C3CC(OCCCN)C12C. The van der Waals surface area contributed by atoms with Gasteiger partial charge in [-0.15, -0.1) is 0 Å². The molecule has 0 aromatic carbocycles. The van der Waals surface area contributed by atoms with Gasteiger partial charge >= 0.3 is 0 Å². The standard InChI is InChI=1S/C66H124N6O7/c1-45(51-17-19-53-61-55(43-59(65(51,53)5)78-37-13-29-71)63(3)23-21-49(74-33-9-25-67)39-47(63)41-57(61)76-35-11-27-69)15-7-31-73-32-8-16-46(2)52-18-20-54-62-56(44-60(66(52,54)6)79-38-14-30-72)64(4)24-22-50(75-34-10-26-68)40-48(64)42-58(62)77-36-12-28-70/h45-62H,7-44,67-72H2,1-6H3. The Morgan fingerprint density at radius 1 is 0.380 bits per heavy atom. The zero-order valence-corrected chi connectivity index (χ0v) is 51.6. The van der Waals surface area contributed by atoms with Gasteiger partial charge in [-0.1, -0.05) is 41.5 Å². The van der Waals surface area contributed by atoms with Crippen molar-refractivity contribution in [1.82, 2.24) is 0 Å². The smallest absolute Gasteiger partial charge is 0.0637 e. The van der Waals surface area contributed by atoms with Gasteiger partial charge in [0.15, 0.2) is 0 Å². The van der Waals surface area contributed by atoms with E-state index >= 15 is 0 Å². The summed E-state index contributed by atoms with van der Waals surface area (Å²) in [6.45, 7) is 26.1. The van der Waals surface area contributed by atoms with Crippen LogP contribution in [0, 0.1) is 92.7 Å². The molecule has 12 N–H and O–H groups in total. The molecule has 8 fully saturated rings. The number of nitrogens with two attached hydrogens (primary N) is 6. The van der Waals surface area contributed by atoms with Gasteiger partial charge in [-0.2, -0.15) is 0 Å². The van der Waals surface area contributed by atoms with Crippen LogP contribution in [-0.4, -0.2) is 129 Å². The summed E-state index contributed by atoms with van der Waals surface area (Å²) in [5.74, 6) is 7.07. The predicted molar refractivity (Wildman–Crippen MR) is 320 cm³/mol. The monoisotopic (exact) mass is 1110 g/mol. The molecule has 0 aromatic heterocycles. The molecule has 0 aliphatic heterocycles. The molecular formula is C66H124N6O7. The molecule has 0 radical (unpaired) electrons. The van der Waals surface area contributed by atoms with Crippen molar-refractivity contribution in [2.24, 2.45) is 127 Å².